The van der Waals surface area contributed by atoms with Crippen LogP contribution in [0.2, 0.25) is 0 Å². The van der Waals surface area contributed by atoms with E-state index in [4.69, 9.17) is 0 Å². The Morgan fingerprint density at radius 3 is 2.12 bits per heavy atom. The summed E-state index contributed by atoms with van der Waals surface area (Å²) in [5.74, 6) is -0.182. The largest absolute Gasteiger partial charge is 0.207 e. The molecule has 17 heavy (non-hydrogen) atoms. The highest BCUT2D eigenvalue weighted by molar-refractivity contribution is 7.15. The molecule has 0 radical (unpaired) electrons. The molecule has 1 heterocycles. The maximum absolute atomic E-state index is 12.9. The maximum atomic E-state index is 12.9. The van der Waals surface area contributed by atoms with Gasteiger partial charge in [0.2, 0.25) is 0 Å². The Labute approximate surface area is 106 Å². The quantitative estimate of drug-likeness (QED) is 0.654. The van der Waals surface area contributed by atoms with Gasteiger partial charge in [0.05, 0.1) is 0 Å². The van der Waals surface area contributed by atoms with Crippen molar-refractivity contribution in [1.82, 2.24) is 0 Å². The van der Waals surface area contributed by atoms with Gasteiger partial charge in [0.25, 0.3) is 0 Å². The first-order valence-corrected chi connectivity index (χ1v) is 6.56. The molecule has 0 N–H and O–H groups in total. The molecule has 2 rings (SSSR count). The molecule has 0 aliphatic carbocycles. The van der Waals surface area contributed by atoms with Gasteiger partial charge in [-0.2, -0.15) is 0 Å². The summed E-state index contributed by atoms with van der Waals surface area (Å²) in [5, 5.41) is 0. The zero-order chi connectivity index (χ0) is 12.6. The van der Waals surface area contributed by atoms with Gasteiger partial charge in [-0.25, -0.2) is 4.39 Å². The van der Waals surface area contributed by atoms with Gasteiger partial charge in [0.15, 0.2) is 0 Å². The second-order valence-electron chi connectivity index (χ2n) is 5.34. The van der Waals surface area contributed by atoms with Gasteiger partial charge in [0, 0.05) is 9.75 Å². The normalized spacial score (nSPS) is 11.8. The van der Waals surface area contributed by atoms with Crippen LogP contribution in [0.5, 0.6) is 0 Å². The molecule has 0 fully saturated rings. The summed E-state index contributed by atoms with van der Waals surface area (Å²) >= 11 is 1.78. The van der Waals surface area contributed by atoms with Crippen LogP contribution in [0, 0.1) is 12.7 Å². The first kappa shape index (κ1) is 12.3. The van der Waals surface area contributed by atoms with Crippen LogP contribution in [0.1, 0.15) is 31.2 Å². The van der Waals surface area contributed by atoms with Gasteiger partial charge >= 0.3 is 0 Å². The van der Waals surface area contributed by atoms with Gasteiger partial charge in [-0.05, 0) is 41.7 Å². The molecule has 0 amide bonds. The molecule has 2 heteroatoms. The lowest BCUT2D eigenvalue weighted by molar-refractivity contribution is 0.589. The summed E-state index contributed by atoms with van der Waals surface area (Å²) in [7, 11) is 0. The Morgan fingerprint density at radius 1 is 1.06 bits per heavy atom. The van der Waals surface area contributed by atoms with E-state index in [1.165, 1.54) is 27.5 Å². The van der Waals surface area contributed by atoms with Crippen molar-refractivity contribution in [2.75, 3.05) is 0 Å². The van der Waals surface area contributed by atoms with Gasteiger partial charge in [-0.15, -0.1) is 11.3 Å². The number of halogens is 1. The fourth-order valence-corrected chi connectivity index (χ4v) is 3.22. The van der Waals surface area contributed by atoms with Gasteiger partial charge in [0.1, 0.15) is 5.82 Å². The average molecular weight is 248 g/mol. The molecule has 0 nitrogen and oxygen atoms in total. The number of benzene rings is 1. The first-order valence-electron chi connectivity index (χ1n) is 5.75. The minimum atomic E-state index is -0.182. The number of aryl methyl sites for hydroxylation is 1. The second kappa shape index (κ2) is 4.26. The topological polar surface area (TPSA) is 0 Å². The molecule has 0 bridgehead atoms. The van der Waals surface area contributed by atoms with Crippen molar-refractivity contribution in [3.63, 3.8) is 0 Å². The Morgan fingerprint density at radius 2 is 1.65 bits per heavy atom. The van der Waals surface area contributed by atoms with E-state index < -0.39 is 0 Å². The van der Waals surface area contributed by atoms with Crippen molar-refractivity contribution in [3.8, 4) is 10.4 Å². The van der Waals surface area contributed by atoms with Crippen LogP contribution >= 0.6 is 11.3 Å². The van der Waals surface area contributed by atoms with E-state index in [-0.39, 0.29) is 11.2 Å². The molecule has 0 atom stereocenters. The summed E-state index contributed by atoms with van der Waals surface area (Å²) < 4.78 is 12.9. The Bertz CT molecular complexity index is 515. The first-order chi connectivity index (χ1) is 7.88. The van der Waals surface area contributed by atoms with Gasteiger partial charge < -0.3 is 0 Å². The summed E-state index contributed by atoms with van der Waals surface area (Å²) in [6, 6.07) is 8.94. The highest BCUT2D eigenvalue weighted by Crippen LogP contribution is 2.37. The van der Waals surface area contributed by atoms with Crippen molar-refractivity contribution in [2.24, 2.45) is 0 Å². The van der Waals surface area contributed by atoms with Crippen LogP contribution < -0.4 is 0 Å². The number of thiophene rings is 1. The summed E-state index contributed by atoms with van der Waals surface area (Å²) in [5.41, 5.74) is 2.63. The lowest BCUT2D eigenvalue weighted by Gasteiger charge is -2.17. The molecule has 0 unspecified atom stereocenters. The third kappa shape index (κ3) is 2.58. The predicted octanol–water partition coefficient (Wildman–Crippen LogP) is 5.16. The van der Waals surface area contributed by atoms with E-state index in [2.05, 4.69) is 33.8 Å². The standard InChI is InChI=1S/C15H17FS/c1-10-13(15(2,3)4)9-14(17-10)11-5-7-12(16)8-6-11/h5-9H,1-4H3. The zero-order valence-electron chi connectivity index (χ0n) is 10.7. The predicted molar refractivity (Wildman–Crippen MR) is 73.2 cm³/mol. The monoisotopic (exact) mass is 248 g/mol. The van der Waals surface area contributed by atoms with Crippen LogP contribution in [-0.2, 0) is 5.41 Å². The van der Waals surface area contributed by atoms with E-state index in [1.807, 2.05) is 12.1 Å². The Kier molecular flexibility index (Phi) is 3.09. The van der Waals surface area contributed by atoms with Crippen molar-refractivity contribution in [3.05, 3.63) is 46.6 Å². The van der Waals surface area contributed by atoms with Crippen molar-refractivity contribution >= 4 is 11.3 Å². The number of hydrogen-bond acceptors (Lipinski definition) is 1. The van der Waals surface area contributed by atoms with E-state index in [0.717, 1.165) is 5.56 Å². The zero-order valence-corrected chi connectivity index (χ0v) is 11.5. The summed E-state index contributed by atoms with van der Waals surface area (Å²) in [6.45, 7) is 8.81. The van der Waals surface area contributed by atoms with Gasteiger partial charge in [-0.3, -0.25) is 0 Å². The van der Waals surface area contributed by atoms with E-state index in [9.17, 15) is 4.39 Å². The molecule has 0 saturated heterocycles. The summed E-state index contributed by atoms with van der Waals surface area (Å²) in [4.78, 5) is 2.56. The second-order valence-corrected chi connectivity index (χ2v) is 6.59. The van der Waals surface area contributed by atoms with E-state index in [0.29, 0.717) is 0 Å². The van der Waals surface area contributed by atoms with Crippen molar-refractivity contribution < 1.29 is 4.39 Å². The number of hydrogen-bond donors (Lipinski definition) is 0. The van der Waals surface area contributed by atoms with E-state index >= 15 is 0 Å². The van der Waals surface area contributed by atoms with Crippen LogP contribution in [0.3, 0.4) is 0 Å². The van der Waals surface area contributed by atoms with E-state index in [1.54, 1.807) is 11.3 Å². The lowest BCUT2D eigenvalue weighted by Crippen LogP contribution is -2.10. The van der Waals surface area contributed by atoms with Gasteiger partial charge in [-0.1, -0.05) is 32.9 Å². The van der Waals surface area contributed by atoms with Crippen LogP contribution in [0.25, 0.3) is 10.4 Å². The third-order valence-electron chi connectivity index (χ3n) is 2.85. The van der Waals surface area contributed by atoms with Crippen LogP contribution in [0.15, 0.2) is 30.3 Å². The molecule has 1 aromatic carbocycles. The smallest absolute Gasteiger partial charge is 0.123 e. The van der Waals surface area contributed by atoms with Crippen molar-refractivity contribution in [1.29, 1.82) is 0 Å². The molecule has 0 saturated carbocycles. The average Bonchev–Trinajstić information content (AvgIpc) is 2.61. The fourth-order valence-electron chi connectivity index (χ4n) is 1.98. The Balaban J connectivity index is 2.45. The molecule has 0 aliphatic heterocycles. The Hall–Kier alpha value is -1.15. The SMILES string of the molecule is Cc1sc(-c2ccc(F)cc2)cc1C(C)(C)C. The molecule has 2 aromatic rings. The van der Waals surface area contributed by atoms with Crippen LogP contribution in [0.4, 0.5) is 4.39 Å². The highest BCUT2D eigenvalue weighted by Gasteiger charge is 2.19. The summed E-state index contributed by atoms with van der Waals surface area (Å²) in [6.07, 6.45) is 0. The number of rotatable bonds is 1. The molecular weight excluding hydrogens is 231 g/mol. The lowest BCUT2D eigenvalue weighted by atomic mass is 9.87. The molecule has 1 aromatic heterocycles. The molecule has 90 valence electrons. The maximum Gasteiger partial charge on any atom is 0.123 e. The van der Waals surface area contributed by atoms with Crippen LogP contribution in [-0.4, -0.2) is 0 Å². The fraction of sp³-hybridized carbons (Fsp3) is 0.333. The third-order valence-corrected chi connectivity index (χ3v) is 3.95. The minimum absolute atomic E-state index is 0.166. The molecular formula is C15H17FS. The highest BCUT2D eigenvalue weighted by atomic mass is 32.1. The molecule has 0 aliphatic rings. The molecule has 0 spiro atoms. The van der Waals surface area contributed by atoms with Crippen molar-refractivity contribution in [2.45, 2.75) is 33.1 Å². The minimum Gasteiger partial charge on any atom is -0.207 e.